The first kappa shape index (κ1) is 14.1. The summed E-state index contributed by atoms with van der Waals surface area (Å²) in [6.07, 6.45) is 2.39. The fraction of sp³-hybridized carbons (Fsp3) is 0.364. The van der Waals surface area contributed by atoms with Crippen LogP contribution in [-0.4, -0.2) is 27.8 Å². The van der Waals surface area contributed by atoms with E-state index >= 15 is 0 Å². The minimum atomic E-state index is -0.806. The van der Waals surface area contributed by atoms with Crippen LogP contribution in [0.25, 0.3) is 0 Å². The van der Waals surface area contributed by atoms with Crippen LogP contribution in [0.5, 0.6) is 0 Å². The van der Waals surface area contributed by atoms with E-state index in [4.69, 9.17) is 18.0 Å². The Labute approximate surface area is 108 Å². The largest absolute Gasteiger partial charge is 0.389 e. The molecule has 0 saturated heterocycles. The summed E-state index contributed by atoms with van der Waals surface area (Å²) in [6.45, 7) is 0.586. The monoisotopic (exact) mass is 274 g/mol. The van der Waals surface area contributed by atoms with Crippen LogP contribution < -0.4 is 11.1 Å². The molecule has 0 aliphatic rings. The number of hydrogen-bond donors (Lipinski definition) is 2. The van der Waals surface area contributed by atoms with Crippen molar-refractivity contribution in [2.24, 2.45) is 5.73 Å². The molecule has 0 aliphatic carbocycles. The molecule has 0 radical (unpaired) electrons. The summed E-state index contributed by atoms with van der Waals surface area (Å²) in [5, 5.41) is 2.94. The van der Waals surface area contributed by atoms with Crippen molar-refractivity contribution in [2.75, 3.05) is 23.9 Å². The van der Waals surface area contributed by atoms with E-state index in [1.54, 1.807) is 18.4 Å². The minimum Gasteiger partial charge on any atom is -0.389 e. The molecular weight excluding hydrogens is 259 g/mol. The zero-order chi connectivity index (χ0) is 12.8. The average molecular weight is 274 g/mol. The van der Waals surface area contributed by atoms with Crippen LogP contribution >= 0.6 is 12.2 Å². The summed E-state index contributed by atoms with van der Waals surface area (Å²) in [7, 11) is -0.806. The molecule has 6 heteroatoms. The van der Waals surface area contributed by atoms with Crippen molar-refractivity contribution in [1.82, 2.24) is 0 Å². The maximum Gasteiger partial charge on any atom is 0.146 e. The van der Waals surface area contributed by atoms with Crippen molar-refractivity contribution in [1.29, 1.82) is 0 Å². The van der Waals surface area contributed by atoms with Crippen LogP contribution in [0, 0.1) is 5.82 Å². The molecule has 0 spiro atoms. The molecule has 1 aromatic rings. The van der Waals surface area contributed by atoms with Crippen molar-refractivity contribution >= 4 is 33.7 Å². The van der Waals surface area contributed by atoms with Crippen molar-refractivity contribution < 1.29 is 8.60 Å². The molecule has 0 aromatic heterocycles. The van der Waals surface area contributed by atoms with Gasteiger partial charge in [-0.25, -0.2) is 4.39 Å². The molecule has 1 unspecified atom stereocenters. The van der Waals surface area contributed by atoms with Gasteiger partial charge in [0, 0.05) is 34.9 Å². The Hall–Kier alpha value is -1.01. The lowest BCUT2D eigenvalue weighted by atomic mass is 10.2. The molecule has 0 fully saturated rings. The van der Waals surface area contributed by atoms with Gasteiger partial charge >= 0.3 is 0 Å². The fourth-order valence-electron chi connectivity index (χ4n) is 1.31. The second kappa shape index (κ2) is 6.66. The number of hydrogen-bond acceptors (Lipinski definition) is 3. The summed E-state index contributed by atoms with van der Waals surface area (Å²) < 4.78 is 24.4. The maximum atomic E-state index is 13.6. The van der Waals surface area contributed by atoms with E-state index in [-0.39, 0.29) is 10.8 Å². The number of benzene rings is 1. The van der Waals surface area contributed by atoms with E-state index in [2.05, 4.69) is 5.32 Å². The third kappa shape index (κ3) is 4.79. The number of rotatable bonds is 6. The first-order valence-corrected chi connectivity index (χ1v) is 7.27. The van der Waals surface area contributed by atoms with Crippen molar-refractivity contribution in [2.45, 2.75) is 6.42 Å². The molecule has 0 aliphatic heterocycles. The van der Waals surface area contributed by atoms with Gasteiger partial charge < -0.3 is 11.1 Å². The van der Waals surface area contributed by atoms with Gasteiger partial charge in [-0.2, -0.15) is 0 Å². The predicted molar refractivity (Wildman–Crippen MR) is 74.3 cm³/mol. The van der Waals surface area contributed by atoms with E-state index in [9.17, 15) is 8.60 Å². The Balaban J connectivity index is 2.54. The molecular formula is C11H15FN2OS2. The van der Waals surface area contributed by atoms with Gasteiger partial charge in [-0.15, -0.1) is 0 Å². The predicted octanol–water partition coefficient (Wildman–Crippen LogP) is 1.64. The number of thiocarbonyl (C=S) groups is 1. The second-order valence-corrected chi connectivity index (χ2v) is 5.61. The van der Waals surface area contributed by atoms with Gasteiger partial charge in [-0.05, 0) is 24.6 Å². The smallest absolute Gasteiger partial charge is 0.146 e. The number of halogens is 1. The van der Waals surface area contributed by atoms with Gasteiger partial charge in [0.15, 0.2) is 0 Å². The summed E-state index contributed by atoms with van der Waals surface area (Å²) in [6, 6.07) is 4.58. The number of nitrogens with one attached hydrogen (secondary N) is 1. The van der Waals surface area contributed by atoms with Crippen LogP contribution in [-0.2, 0) is 10.8 Å². The topological polar surface area (TPSA) is 55.1 Å². The Morgan fingerprint density at radius 1 is 1.59 bits per heavy atom. The van der Waals surface area contributed by atoms with Crippen molar-refractivity contribution in [3.63, 3.8) is 0 Å². The van der Waals surface area contributed by atoms with E-state index in [0.717, 1.165) is 6.42 Å². The second-order valence-electron chi connectivity index (χ2n) is 3.62. The highest BCUT2D eigenvalue weighted by atomic mass is 32.2. The van der Waals surface area contributed by atoms with Gasteiger partial charge in [-0.1, -0.05) is 12.2 Å². The first-order chi connectivity index (χ1) is 8.00. The van der Waals surface area contributed by atoms with Crippen LogP contribution in [0.2, 0.25) is 0 Å². The molecule has 1 rings (SSSR count). The SMILES string of the molecule is CS(=O)CCCNc1ccc(C(N)=S)cc1F. The Morgan fingerprint density at radius 2 is 2.29 bits per heavy atom. The van der Waals surface area contributed by atoms with Gasteiger partial charge in [0.2, 0.25) is 0 Å². The quantitative estimate of drug-likeness (QED) is 0.611. The maximum absolute atomic E-state index is 13.6. The minimum absolute atomic E-state index is 0.178. The van der Waals surface area contributed by atoms with E-state index in [0.29, 0.717) is 23.5 Å². The van der Waals surface area contributed by atoms with Crippen molar-refractivity contribution in [3.05, 3.63) is 29.6 Å². The lowest BCUT2D eigenvalue weighted by molar-refractivity contribution is 0.629. The van der Waals surface area contributed by atoms with Gasteiger partial charge in [0.25, 0.3) is 0 Å². The molecule has 3 N–H and O–H groups in total. The standard InChI is InChI=1S/C11H15FN2OS2/c1-17(15)6-2-5-14-10-4-3-8(11(13)16)7-9(10)12/h3-4,7,14H,2,5-6H2,1H3,(H2,13,16). The molecule has 0 bridgehead atoms. The van der Waals surface area contributed by atoms with Gasteiger partial charge in [0.1, 0.15) is 10.8 Å². The van der Waals surface area contributed by atoms with E-state index in [1.165, 1.54) is 6.07 Å². The Bertz CT molecular complexity index is 437. The molecule has 0 saturated carbocycles. The molecule has 0 amide bonds. The van der Waals surface area contributed by atoms with Gasteiger partial charge in [0.05, 0.1) is 5.69 Å². The molecule has 94 valence electrons. The summed E-state index contributed by atoms with van der Waals surface area (Å²) in [5.74, 6) is 0.229. The fourth-order valence-corrected chi connectivity index (χ4v) is 1.99. The average Bonchev–Trinajstić information content (AvgIpc) is 2.25. The van der Waals surface area contributed by atoms with Crippen LogP contribution in [0.1, 0.15) is 12.0 Å². The normalized spacial score (nSPS) is 12.1. The van der Waals surface area contributed by atoms with E-state index < -0.39 is 10.8 Å². The van der Waals surface area contributed by atoms with Crippen molar-refractivity contribution in [3.8, 4) is 0 Å². The van der Waals surface area contributed by atoms with E-state index in [1.807, 2.05) is 0 Å². The molecule has 1 atom stereocenters. The molecule has 1 aromatic carbocycles. The zero-order valence-corrected chi connectivity index (χ0v) is 11.2. The zero-order valence-electron chi connectivity index (χ0n) is 9.53. The lowest BCUT2D eigenvalue weighted by Crippen LogP contribution is -2.11. The lowest BCUT2D eigenvalue weighted by Gasteiger charge is -2.08. The van der Waals surface area contributed by atoms with Crippen LogP contribution in [0.15, 0.2) is 18.2 Å². The number of anilines is 1. The first-order valence-electron chi connectivity index (χ1n) is 5.14. The number of nitrogens with two attached hydrogens (primary N) is 1. The molecule has 0 heterocycles. The third-order valence-corrected chi connectivity index (χ3v) is 3.28. The third-order valence-electron chi connectivity index (χ3n) is 2.18. The van der Waals surface area contributed by atoms with Crippen LogP contribution in [0.3, 0.4) is 0 Å². The summed E-state index contributed by atoms with van der Waals surface area (Å²) >= 11 is 4.76. The highest BCUT2D eigenvalue weighted by Crippen LogP contribution is 2.15. The Morgan fingerprint density at radius 3 is 2.82 bits per heavy atom. The van der Waals surface area contributed by atoms with Gasteiger partial charge in [-0.3, -0.25) is 4.21 Å². The van der Waals surface area contributed by atoms with Crippen LogP contribution in [0.4, 0.5) is 10.1 Å². The Kier molecular flexibility index (Phi) is 5.50. The highest BCUT2D eigenvalue weighted by Gasteiger charge is 2.04. The molecule has 17 heavy (non-hydrogen) atoms. The molecule has 3 nitrogen and oxygen atoms in total. The summed E-state index contributed by atoms with van der Waals surface area (Å²) in [5.41, 5.74) is 6.32. The highest BCUT2D eigenvalue weighted by molar-refractivity contribution is 7.84. The summed E-state index contributed by atoms with van der Waals surface area (Å²) in [4.78, 5) is 0.178.